The van der Waals surface area contributed by atoms with Crippen molar-refractivity contribution in [3.63, 3.8) is 0 Å². The lowest BCUT2D eigenvalue weighted by atomic mass is 10.1. The molecule has 0 aromatic carbocycles. The van der Waals surface area contributed by atoms with Gasteiger partial charge in [-0.1, -0.05) is 6.92 Å². The minimum absolute atomic E-state index is 0.208. The lowest BCUT2D eigenvalue weighted by molar-refractivity contribution is -0.140. The first-order valence-electron chi connectivity index (χ1n) is 5.75. The second-order valence-corrected chi connectivity index (χ2v) is 4.47. The van der Waals surface area contributed by atoms with E-state index in [1.807, 2.05) is 0 Å². The highest BCUT2D eigenvalue weighted by molar-refractivity contribution is 6.37. The van der Waals surface area contributed by atoms with E-state index in [0.29, 0.717) is 18.9 Å². The monoisotopic (exact) mass is 210 g/mol. The highest BCUT2D eigenvalue weighted by Crippen LogP contribution is 2.19. The van der Waals surface area contributed by atoms with E-state index in [2.05, 4.69) is 11.8 Å². The Morgan fingerprint density at radius 2 is 2.13 bits per heavy atom. The van der Waals surface area contributed by atoms with Crippen LogP contribution in [-0.2, 0) is 9.59 Å². The van der Waals surface area contributed by atoms with E-state index in [9.17, 15) is 9.59 Å². The van der Waals surface area contributed by atoms with Gasteiger partial charge in [0.25, 0.3) is 5.91 Å². The lowest BCUT2D eigenvalue weighted by Crippen LogP contribution is -2.33. The molecular formula is C11H18N2O2. The van der Waals surface area contributed by atoms with Crippen molar-refractivity contribution in [3.05, 3.63) is 0 Å². The Labute approximate surface area is 90.2 Å². The number of nitrogens with zero attached hydrogens (tertiary/aromatic N) is 2. The average molecular weight is 210 g/mol. The van der Waals surface area contributed by atoms with E-state index in [4.69, 9.17) is 0 Å². The second-order valence-electron chi connectivity index (χ2n) is 4.47. The van der Waals surface area contributed by atoms with Crippen molar-refractivity contribution >= 4 is 11.7 Å². The summed E-state index contributed by atoms with van der Waals surface area (Å²) in [7, 11) is 0. The lowest BCUT2D eigenvalue weighted by Gasteiger charge is -2.19. The van der Waals surface area contributed by atoms with E-state index in [0.717, 1.165) is 32.6 Å². The Balaban J connectivity index is 1.83. The molecule has 2 saturated heterocycles. The zero-order chi connectivity index (χ0) is 10.8. The minimum Gasteiger partial charge on any atom is -0.335 e. The molecule has 2 aliphatic heterocycles. The number of carbonyl (C=O) groups excluding carboxylic acids is 2. The number of carbonyl (C=O) groups is 2. The minimum atomic E-state index is -0.259. The zero-order valence-corrected chi connectivity index (χ0v) is 9.24. The number of likely N-dealkylation sites (tertiary alicyclic amines) is 2. The molecule has 1 atom stereocenters. The van der Waals surface area contributed by atoms with E-state index in [1.54, 1.807) is 4.90 Å². The summed E-state index contributed by atoms with van der Waals surface area (Å²) in [6.07, 6.45) is 1.58. The Hall–Kier alpha value is -0.900. The summed E-state index contributed by atoms with van der Waals surface area (Å²) in [6, 6.07) is 0. The third-order valence-corrected chi connectivity index (χ3v) is 3.43. The molecule has 84 valence electrons. The van der Waals surface area contributed by atoms with Crippen LogP contribution in [0.1, 0.15) is 19.8 Å². The zero-order valence-electron chi connectivity index (χ0n) is 9.24. The summed E-state index contributed by atoms with van der Waals surface area (Å²) >= 11 is 0. The maximum atomic E-state index is 11.4. The quantitative estimate of drug-likeness (QED) is 0.622. The van der Waals surface area contributed by atoms with Crippen LogP contribution in [0.5, 0.6) is 0 Å². The number of amides is 1. The van der Waals surface area contributed by atoms with Crippen LogP contribution >= 0.6 is 0 Å². The van der Waals surface area contributed by atoms with Crippen molar-refractivity contribution in [2.45, 2.75) is 19.8 Å². The summed E-state index contributed by atoms with van der Waals surface area (Å²) in [5.41, 5.74) is 0. The molecule has 0 radical (unpaired) electrons. The van der Waals surface area contributed by atoms with E-state index in [-0.39, 0.29) is 11.7 Å². The van der Waals surface area contributed by atoms with Gasteiger partial charge in [-0.05, 0) is 25.4 Å². The van der Waals surface area contributed by atoms with Crippen molar-refractivity contribution in [1.82, 2.24) is 9.80 Å². The molecule has 2 heterocycles. The molecule has 1 unspecified atom stereocenters. The predicted octanol–water partition coefficient (Wildman–Crippen LogP) is 0.130. The number of rotatable bonds is 3. The summed E-state index contributed by atoms with van der Waals surface area (Å²) in [6.45, 7) is 6.88. The van der Waals surface area contributed by atoms with Crippen LogP contribution in [0.2, 0.25) is 0 Å². The van der Waals surface area contributed by atoms with E-state index < -0.39 is 0 Å². The van der Waals surface area contributed by atoms with Crippen molar-refractivity contribution in [2.24, 2.45) is 5.92 Å². The first-order chi connectivity index (χ1) is 7.20. The molecule has 0 aliphatic carbocycles. The van der Waals surface area contributed by atoms with Gasteiger partial charge in [0.15, 0.2) is 0 Å². The fourth-order valence-electron chi connectivity index (χ4n) is 2.46. The Bertz CT molecular complexity index is 278. The number of hydrogen-bond acceptors (Lipinski definition) is 3. The average Bonchev–Trinajstić information content (AvgIpc) is 2.80. The molecule has 0 bridgehead atoms. The van der Waals surface area contributed by atoms with Crippen LogP contribution < -0.4 is 0 Å². The standard InChI is InChI=1S/C11H18N2O2/c1-2-12-5-3-9(7-12)8-13-6-4-10(14)11(13)15/h9H,2-8H2,1H3. The number of hydrogen-bond donors (Lipinski definition) is 0. The predicted molar refractivity (Wildman–Crippen MR) is 56.4 cm³/mol. The third kappa shape index (κ3) is 2.20. The summed E-state index contributed by atoms with van der Waals surface area (Å²) in [5.74, 6) is 0.102. The third-order valence-electron chi connectivity index (χ3n) is 3.43. The Kier molecular flexibility index (Phi) is 3.05. The highest BCUT2D eigenvalue weighted by atomic mass is 16.2. The smallest absolute Gasteiger partial charge is 0.290 e. The molecule has 2 aliphatic rings. The van der Waals surface area contributed by atoms with Crippen molar-refractivity contribution in [1.29, 1.82) is 0 Å². The molecule has 0 aromatic rings. The summed E-state index contributed by atoms with van der Waals surface area (Å²) in [5, 5.41) is 0. The van der Waals surface area contributed by atoms with Gasteiger partial charge in [0.1, 0.15) is 0 Å². The summed E-state index contributed by atoms with van der Waals surface area (Å²) < 4.78 is 0. The molecule has 4 heteroatoms. The van der Waals surface area contributed by atoms with Gasteiger partial charge in [-0.25, -0.2) is 0 Å². The van der Waals surface area contributed by atoms with E-state index >= 15 is 0 Å². The summed E-state index contributed by atoms with van der Waals surface area (Å²) in [4.78, 5) is 26.6. The van der Waals surface area contributed by atoms with Gasteiger partial charge in [-0.3, -0.25) is 9.59 Å². The molecule has 15 heavy (non-hydrogen) atoms. The van der Waals surface area contributed by atoms with E-state index in [1.165, 1.54) is 0 Å². The maximum absolute atomic E-state index is 11.4. The largest absolute Gasteiger partial charge is 0.335 e. The molecule has 0 aromatic heterocycles. The normalized spacial score (nSPS) is 28.1. The fourth-order valence-corrected chi connectivity index (χ4v) is 2.46. The van der Waals surface area contributed by atoms with Gasteiger partial charge in [0.05, 0.1) is 0 Å². The molecule has 0 N–H and O–H groups in total. The molecule has 0 saturated carbocycles. The second kappa shape index (κ2) is 4.31. The molecule has 2 rings (SSSR count). The molecule has 1 amide bonds. The van der Waals surface area contributed by atoms with Crippen molar-refractivity contribution in [3.8, 4) is 0 Å². The Morgan fingerprint density at radius 3 is 2.67 bits per heavy atom. The molecule has 4 nitrogen and oxygen atoms in total. The maximum Gasteiger partial charge on any atom is 0.290 e. The van der Waals surface area contributed by atoms with Gasteiger partial charge in [0, 0.05) is 26.1 Å². The first kappa shape index (κ1) is 10.6. The number of Topliss-reactive ketones (excluding diaryl/α,β-unsaturated/α-hetero) is 1. The van der Waals surface area contributed by atoms with Crippen molar-refractivity contribution < 1.29 is 9.59 Å². The van der Waals surface area contributed by atoms with Gasteiger partial charge in [0.2, 0.25) is 5.78 Å². The highest BCUT2D eigenvalue weighted by Gasteiger charge is 2.32. The first-order valence-corrected chi connectivity index (χ1v) is 5.75. The van der Waals surface area contributed by atoms with Gasteiger partial charge < -0.3 is 9.80 Å². The van der Waals surface area contributed by atoms with Crippen LogP contribution in [0.4, 0.5) is 0 Å². The molecule has 0 spiro atoms. The van der Waals surface area contributed by atoms with Crippen LogP contribution in [0, 0.1) is 5.92 Å². The van der Waals surface area contributed by atoms with Crippen molar-refractivity contribution in [2.75, 3.05) is 32.7 Å². The SMILES string of the molecule is CCN1CCC(CN2CCC(=O)C2=O)C1. The number of ketones is 1. The molecular weight excluding hydrogens is 192 g/mol. The van der Waals surface area contributed by atoms with Gasteiger partial charge in [-0.15, -0.1) is 0 Å². The van der Waals surface area contributed by atoms with Gasteiger partial charge in [-0.2, -0.15) is 0 Å². The molecule has 2 fully saturated rings. The van der Waals surface area contributed by atoms with Gasteiger partial charge >= 0.3 is 0 Å². The van der Waals surface area contributed by atoms with Crippen LogP contribution in [0.15, 0.2) is 0 Å². The van der Waals surface area contributed by atoms with Crippen LogP contribution in [0.25, 0.3) is 0 Å². The topological polar surface area (TPSA) is 40.6 Å². The Morgan fingerprint density at radius 1 is 1.33 bits per heavy atom. The van der Waals surface area contributed by atoms with Crippen LogP contribution in [-0.4, -0.2) is 54.2 Å². The van der Waals surface area contributed by atoms with Crippen LogP contribution in [0.3, 0.4) is 0 Å². The fraction of sp³-hybridized carbons (Fsp3) is 0.818.